The third-order valence-corrected chi connectivity index (χ3v) is 2.94. The molecule has 1 amide bonds. The van der Waals surface area contributed by atoms with Crippen molar-refractivity contribution in [1.82, 2.24) is 0 Å². The topological polar surface area (TPSA) is 49.8 Å². The first-order chi connectivity index (χ1) is 7.20. The third kappa shape index (κ3) is 2.23. The normalized spacial score (nSPS) is 20.5. The van der Waals surface area contributed by atoms with E-state index in [1.54, 1.807) is 0 Å². The molecule has 1 fully saturated rings. The molecular formula is C10H10INO3. The van der Waals surface area contributed by atoms with Gasteiger partial charge in [0, 0.05) is 9.26 Å². The number of carbonyl (C=O) groups is 1. The van der Waals surface area contributed by atoms with Gasteiger partial charge in [0.05, 0.1) is 13.2 Å². The van der Waals surface area contributed by atoms with Crippen molar-refractivity contribution in [1.29, 1.82) is 0 Å². The number of benzene rings is 1. The number of halogens is 1. The van der Waals surface area contributed by atoms with Gasteiger partial charge in [-0.25, -0.2) is 4.79 Å². The summed E-state index contributed by atoms with van der Waals surface area (Å²) >= 11 is 2.20. The lowest BCUT2D eigenvalue weighted by Crippen LogP contribution is -2.25. The molecule has 0 spiro atoms. The zero-order valence-electron chi connectivity index (χ0n) is 7.89. The summed E-state index contributed by atoms with van der Waals surface area (Å²) < 4.78 is 6.06. The lowest BCUT2D eigenvalue weighted by molar-refractivity contribution is 0.0963. The van der Waals surface area contributed by atoms with Crippen molar-refractivity contribution >= 4 is 34.4 Å². The Hall–Kier alpha value is -0.820. The first-order valence-corrected chi connectivity index (χ1v) is 5.63. The van der Waals surface area contributed by atoms with Crippen LogP contribution in [-0.2, 0) is 4.74 Å². The largest absolute Gasteiger partial charge is 0.441 e. The summed E-state index contributed by atoms with van der Waals surface area (Å²) in [5, 5.41) is 8.89. The summed E-state index contributed by atoms with van der Waals surface area (Å²) in [4.78, 5) is 12.9. The van der Waals surface area contributed by atoms with E-state index in [2.05, 4.69) is 22.6 Å². The number of hydrogen-bond donors (Lipinski definition) is 1. The van der Waals surface area contributed by atoms with E-state index in [9.17, 15) is 4.79 Å². The van der Waals surface area contributed by atoms with Crippen molar-refractivity contribution in [3.63, 3.8) is 0 Å². The standard InChI is InChI=1S/C10H10INO3/c11-7-1-3-8(4-2-7)12-5-9(6-13)15-10(12)14/h1-4,9,13H,5-6H2. The third-order valence-electron chi connectivity index (χ3n) is 2.22. The van der Waals surface area contributed by atoms with Gasteiger partial charge in [0.1, 0.15) is 6.10 Å². The molecule has 1 aromatic carbocycles. The zero-order valence-corrected chi connectivity index (χ0v) is 10.0. The van der Waals surface area contributed by atoms with Crippen LogP contribution in [-0.4, -0.2) is 30.5 Å². The molecule has 2 rings (SSSR count). The fourth-order valence-electron chi connectivity index (χ4n) is 1.45. The number of nitrogens with zero attached hydrogens (tertiary/aromatic N) is 1. The maximum atomic E-state index is 11.4. The molecule has 1 aliphatic rings. The van der Waals surface area contributed by atoms with Crippen molar-refractivity contribution in [3.05, 3.63) is 27.8 Å². The average molecular weight is 319 g/mol. The predicted octanol–water partition coefficient (Wildman–Crippen LogP) is 1.61. The van der Waals surface area contributed by atoms with Gasteiger partial charge in [-0.1, -0.05) is 0 Å². The Morgan fingerprint density at radius 1 is 1.47 bits per heavy atom. The molecule has 1 N–H and O–H groups in total. The number of anilines is 1. The SMILES string of the molecule is O=C1OC(CO)CN1c1ccc(I)cc1. The van der Waals surface area contributed by atoms with Gasteiger partial charge in [-0.2, -0.15) is 0 Å². The number of hydrogen-bond acceptors (Lipinski definition) is 3. The van der Waals surface area contributed by atoms with Gasteiger partial charge >= 0.3 is 6.09 Å². The first-order valence-electron chi connectivity index (χ1n) is 4.55. The molecule has 15 heavy (non-hydrogen) atoms. The van der Waals surface area contributed by atoms with E-state index in [-0.39, 0.29) is 6.61 Å². The number of amides is 1. The highest BCUT2D eigenvalue weighted by Gasteiger charge is 2.31. The van der Waals surface area contributed by atoms with Gasteiger partial charge in [-0.15, -0.1) is 0 Å². The number of ether oxygens (including phenoxy) is 1. The van der Waals surface area contributed by atoms with Crippen LogP contribution < -0.4 is 4.90 Å². The van der Waals surface area contributed by atoms with Gasteiger partial charge in [0.25, 0.3) is 0 Å². The van der Waals surface area contributed by atoms with Gasteiger partial charge < -0.3 is 9.84 Å². The summed E-state index contributed by atoms with van der Waals surface area (Å²) in [5.74, 6) is 0. The number of aliphatic hydroxyl groups is 1. The first kappa shape index (κ1) is 10.7. The van der Waals surface area contributed by atoms with Crippen LogP contribution in [0.5, 0.6) is 0 Å². The molecule has 1 saturated heterocycles. The summed E-state index contributed by atoms with van der Waals surface area (Å²) in [6.07, 6.45) is -0.799. The van der Waals surface area contributed by atoms with Crippen molar-refractivity contribution in [2.24, 2.45) is 0 Å². The zero-order chi connectivity index (χ0) is 10.8. The van der Waals surface area contributed by atoms with Crippen LogP contribution in [0.2, 0.25) is 0 Å². The highest BCUT2D eigenvalue weighted by atomic mass is 127. The van der Waals surface area contributed by atoms with Crippen molar-refractivity contribution in [2.45, 2.75) is 6.10 Å². The summed E-state index contributed by atoms with van der Waals surface area (Å²) in [6.45, 7) is 0.280. The molecule has 1 unspecified atom stereocenters. The minimum atomic E-state index is -0.406. The molecule has 4 nitrogen and oxygen atoms in total. The molecule has 0 aromatic heterocycles. The molecule has 0 bridgehead atoms. The van der Waals surface area contributed by atoms with Crippen LogP contribution in [0.4, 0.5) is 10.5 Å². The van der Waals surface area contributed by atoms with E-state index >= 15 is 0 Å². The Morgan fingerprint density at radius 2 is 2.13 bits per heavy atom. The second kappa shape index (κ2) is 4.36. The van der Waals surface area contributed by atoms with Gasteiger partial charge in [0.2, 0.25) is 0 Å². The Kier molecular flexibility index (Phi) is 3.11. The molecule has 80 valence electrons. The highest BCUT2D eigenvalue weighted by molar-refractivity contribution is 14.1. The highest BCUT2D eigenvalue weighted by Crippen LogP contribution is 2.22. The number of carbonyl (C=O) groups excluding carboxylic acids is 1. The monoisotopic (exact) mass is 319 g/mol. The Bertz CT molecular complexity index is 365. The van der Waals surface area contributed by atoms with E-state index in [0.29, 0.717) is 6.54 Å². The molecule has 1 atom stereocenters. The average Bonchev–Trinajstić information content (AvgIpc) is 2.61. The quantitative estimate of drug-likeness (QED) is 0.843. The minimum Gasteiger partial charge on any atom is -0.441 e. The fraction of sp³-hybridized carbons (Fsp3) is 0.300. The summed E-state index contributed by atoms with van der Waals surface area (Å²) in [7, 11) is 0. The van der Waals surface area contributed by atoms with Gasteiger partial charge in [0.15, 0.2) is 0 Å². The molecule has 0 aliphatic carbocycles. The maximum absolute atomic E-state index is 11.4. The van der Waals surface area contributed by atoms with Crippen molar-refractivity contribution < 1.29 is 14.6 Å². The molecule has 1 aliphatic heterocycles. The molecule has 1 aromatic rings. The van der Waals surface area contributed by atoms with Crippen LogP contribution in [0.15, 0.2) is 24.3 Å². The summed E-state index contributed by atoms with van der Waals surface area (Å²) in [5.41, 5.74) is 0.802. The van der Waals surface area contributed by atoms with Crippen LogP contribution >= 0.6 is 22.6 Å². The van der Waals surface area contributed by atoms with Gasteiger partial charge in [-0.3, -0.25) is 4.90 Å². The van der Waals surface area contributed by atoms with Crippen molar-refractivity contribution in [3.8, 4) is 0 Å². The molecule has 0 radical (unpaired) electrons. The van der Waals surface area contributed by atoms with Crippen LogP contribution in [0.3, 0.4) is 0 Å². The second-order valence-electron chi connectivity index (χ2n) is 3.28. The number of rotatable bonds is 2. The molecule has 0 saturated carbocycles. The van der Waals surface area contributed by atoms with Crippen molar-refractivity contribution in [2.75, 3.05) is 18.1 Å². The van der Waals surface area contributed by atoms with Gasteiger partial charge in [-0.05, 0) is 46.9 Å². The Labute approximate surface area is 101 Å². The van der Waals surface area contributed by atoms with Crippen LogP contribution in [0.25, 0.3) is 0 Å². The lowest BCUT2D eigenvalue weighted by Gasteiger charge is -2.12. The molecular weight excluding hydrogens is 309 g/mol. The van der Waals surface area contributed by atoms with E-state index in [1.807, 2.05) is 24.3 Å². The summed E-state index contributed by atoms with van der Waals surface area (Å²) in [6, 6.07) is 7.58. The van der Waals surface area contributed by atoms with E-state index in [4.69, 9.17) is 9.84 Å². The fourth-order valence-corrected chi connectivity index (χ4v) is 1.81. The number of aliphatic hydroxyl groups excluding tert-OH is 1. The molecule has 1 heterocycles. The van der Waals surface area contributed by atoms with E-state index < -0.39 is 12.2 Å². The van der Waals surface area contributed by atoms with E-state index in [1.165, 1.54) is 4.90 Å². The van der Waals surface area contributed by atoms with Crippen LogP contribution in [0.1, 0.15) is 0 Å². The Balaban J connectivity index is 2.18. The predicted molar refractivity (Wildman–Crippen MR) is 63.9 cm³/mol. The van der Waals surface area contributed by atoms with Crippen LogP contribution in [0, 0.1) is 3.57 Å². The van der Waals surface area contributed by atoms with E-state index in [0.717, 1.165) is 9.26 Å². The number of cyclic esters (lactones) is 1. The smallest absolute Gasteiger partial charge is 0.414 e. The second-order valence-corrected chi connectivity index (χ2v) is 4.52. The maximum Gasteiger partial charge on any atom is 0.414 e. The molecule has 5 heteroatoms. The Morgan fingerprint density at radius 3 is 2.67 bits per heavy atom. The lowest BCUT2D eigenvalue weighted by atomic mass is 10.3. The minimum absolute atomic E-state index is 0.132.